The van der Waals surface area contributed by atoms with E-state index < -0.39 is 0 Å². The first-order valence-corrected chi connectivity index (χ1v) is 11.2. The summed E-state index contributed by atoms with van der Waals surface area (Å²) >= 11 is 3.15. The van der Waals surface area contributed by atoms with Crippen LogP contribution in [0, 0.1) is 5.82 Å². The maximum atomic E-state index is 13.4. The zero-order chi connectivity index (χ0) is 21.8. The van der Waals surface area contributed by atoms with Gasteiger partial charge in [-0.25, -0.2) is 4.39 Å². The average molecular weight is 492 g/mol. The Labute approximate surface area is 190 Å². The predicted octanol–water partition coefficient (Wildman–Crippen LogP) is 3.67. The summed E-state index contributed by atoms with van der Waals surface area (Å²) < 4.78 is 13.8. The Morgan fingerprint density at radius 3 is 2.39 bits per heavy atom. The van der Waals surface area contributed by atoms with Crippen molar-refractivity contribution < 1.29 is 14.5 Å². The lowest BCUT2D eigenvalue weighted by Crippen LogP contribution is -2.45. The van der Waals surface area contributed by atoms with Crippen LogP contribution in [0.25, 0.3) is 0 Å². The fourth-order valence-electron chi connectivity index (χ4n) is 3.65. The molecule has 2 aliphatic rings. The van der Waals surface area contributed by atoms with Crippen LogP contribution in [0.2, 0.25) is 0 Å². The largest absolute Gasteiger partial charge is 0.362 e. The number of benzene rings is 2. The van der Waals surface area contributed by atoms with Gasteiger partial charge >= 0.3 is 0 Å². The van der Waals surface area contributed by atoms with Crippen LogP contribution >= 0.6 is 15.9 Å². The van der Waals surface area contributed by atoms with Crippen molar-refractivity contribution in [3.63, 3.8) is 0 Å². The van der Waals surface area contributed by atoms with E-state index in [2.05, 4.69) is 62.2 Å². The van der Waals surface area contributed by atoms with Crippen LogP contribution in [0.4, 0.5) is 10.1 Å². The van der Waals surface area contributed by atoms with Gasteiger partial charge in [-0.2, -0.15) is 5.06 Å². The summed E-state index contributed by atoms with van der Waals surface area (Å²) in [6.45, 7) is 9.34. The number of rotatable bonds is 7. The second-order valence-electron chi connectivity index (χ2n) is 7.67. The van der Waals surface area contributed by atoms with E-state index in [1.165, 1.54) is 16.7 Å². The number of hydrogen-bond acceptors (Lipinski definition) is 7. The molecule has 1 saturated heterocycles. The van der Waals surface area contributed by atoms with Gasteiger partial charge in [0.25, 0.3) is 0 Å². The second kappa shape index (κ2) is 9.97. The van der Waals surface area contributed by atoms with Gasteiger partial charge in [-0.15, -0.1) is 4.94 Å². The zero-order valence-corrected chi connectivity index (χ0v) is 19.1. The molecule has 0 atom stereocenters. The fourth-order valence-corrected chi connectivity index (χ4v) is 4.01. The molecule has 2 aliphatic heterocycles. The minimum Gasteiger partial charge on any atom is -0.362 e. The maximum Gasteiger partial charge on any atom is 0.179 e. The summed E-state index contributed by atoms with van der Waals surface area (Å²) in [5, 5.41) is 15.2. The molecule has 31 heavy (non-hydrogen) atoms. The van der Waals surface area contributed by atoms with Gasteiger partial charge in [0.15, 0.2) is 5.82 Å². The number of hydrogen-bond donors (Lipinski definition) is 2. The molecule has 0 aromatic heterocycles. The summed E-state index contributed by atoms with van der Waals surface area (Å²) in [6, 6.07) is 13.0. The first kappa shape index (κ1) is 22.0. The van der Waals surface area contributed by atoms with Gasteiger partial charge in [-0.05, 0) is 51.8 Å². The van der Waals surface area contributed by atoms with Crippen LogP contribution in [-0.2, 0) is 18.0 Å². The highest BCUT2D eigenvalue weighted by Crippen LogP contribution is 2.27. The molecule has 0 bridgehead atoms. The lowest BCUT2D eigenvalue weighted by Gasteiger charge is -2.34. The third-order valence-corrected chi connectivity index (χ3v) is 6.19. The van der Waals surface area contributed by atoms with Crippen molar-refractivity contribution in [2.24, 2.45) is 0 Å². The molecule has 1 fully saturated rings. The normalized spacial score (nSPS) is 17.9. The average Bonchev–Trinajstić information content (AvgIpc) is 3.16. The quantitative estimate of drug-likeness (QED) is 0.612. The monoisotopic (exact) mass is 491 g/mol. The van der Waals surface area contributed by atoms with Crippen molar-refractivity contribution >= 4 is 21.6 Å². The van der Waals surface area contributed by atoms with E-state index >= 15 is 0 Å². The molecule has 9 heteroatoms. The Bertz CT molecular complexity index is 919. The Morgan fingerprint density at radius 2 is 1.71 bits per heavy atom. The Balaban J connectivity index is 1.30. The van der Waals surface area contributed by atoms with Crippen molar-refractivity contribution in [1.82, 2.24) is 20.3 Å². The van der Waals surface area contributed by atoms with E-state index in [1.54, 1.807) is 18.3 Å². The van der Waals surface area contributed by atoms with Crippen LogP contribution < -0.4 is 10.4 Å². The van der Waals surface area contributed by atoms with E-state index in [9.17, 15) is 9.60 Å². The Morgan fingerprint density at radius 1 is 1.03 bits per heavy atom. The van der Waals surface area contributed by atoms with Crippen LogP contribution in [0.5, 0.6) is 0 Å². The number of anilines is 1. The Kier molecular flexibility index (Phi) is 7.09. The highest BCUT2D eigenvalue weighted by Gasteiger charge is 2.23. The molecular formula is C22H27BrFN5O2. The minimum absolute atomic E-state index is 0.320. The van der Waals surface area contributed by atoms with Crippen molar-refractivity contribution in [2.45, 2.75) is 20.0 Å². The van der Waals surface area contributed by atoms with Crippen LogP contribution in [-0.4, -0.2) is 53.0 Å². The van der Waals surface area contributed by atoms with Crippen molar-refractivity contribution in [3.8, 4) is 0 Å². The molecular weight excluding hydrogens is 465 g/mol. The highest BCUT2D eigenvalue weighted by atomic mass is 79.9. The van der Waals surface area contributed by atoms with Crippen LogP contribution in [0.3, 0.4) is 0 Å². The predicted molar refractivity (Wildman–Crippen MR) is 120 cm³/mol. The number of piperazine rings is 1. The topological polar surface area (TPSA) is 54.5 Å². The third kappa shape index (κ3) is 5.55. The number of hydroxylamine groups is 3. The van der Waals surface area contributed by atoms with Crippen LogP contribution in [0.15, 0.2) is 59.0 Å². The van der Waals surface area contributed by atoms with Gasteiger partial charge in [-0.3, -0.25) is 10.1 Å². The standard InChI is InChI=1S/C22H27BrFN5O2/c1-2-26-9-11-27(12-10-26)15-18-5-3-17(4-6-18)14-25-22-16-28(31-29(22)30)19-7-8-21(24)20(23)13-19/h3-8,13,16,25,30H,2,9-12,14-15H2,1H3. The number of nitrogens with zero attached hydrogens (tertiary/aromatic N) is 4. The first-order chi connectivity index (χ1) is 15.0. The van der Waals surface area contributed by atoms with E-state index in [4.69, 9.17) is 4.94 Å². The summed E-state index contributed by atoms with van der Waals surface area (Å²) in [5.41, 5.74) is 2.97. The smallest absolute Gasteiger partial charge is 0.179 e. The second-order valence-corrected chi connectivity index (χ2v) is 8.53. The number of likely N-dealkylation sites (N-methyl/N-ethyl adjacent to an activating group) is 1. The van der Waals surface area contributed by atoms with Gasteiger partial charge in [-0.1, -0.05) is 36.4 Å². The summed E-state index contributed by atoms with van der Waals surface area (Å²) in [5.74, 6) is 0.0242. The lowest BCUT2D eigenvalue weighted by molar-refractivity contribution is -0.306. The Hall–Kier alpha value is -2.17. The molecule has 2 aromatic carbocycles. The maximum absolute atomic E-state index is 13.4. The first-order valence-electron chi connectivity index (χ1n) is 10.4. The van der Waals surface area contributed by atoms with Gasteiger partial charge in [0.1, 0.15) is 5.82 Å². The molecule has 7 nitrogen and oxygen atoms in total. The van der Waals surface area contributed by atoms with Crippen molar-refractivity contribution in [3.05, 3.63) is 75.9 Å². The third-order valence-electron chi connectivity index (χ3n) is 5.58. The fraction of sp³-hybridized carbons (Fsp3) is 0.364. The van der Waals surface area contributed by atoms with E-state index in [0.717, 1.165) is 44.8 Å². The molecule has 0 aliphatic carbocycles. The molecule has 2 heterocycles. The lowest BCUT2D eigenvalue weighted by atomic mass is 10.1. The molecule has 0 saturated carbocycles. The number of halogens is 2. The summed E-state index contributed by atoms with van der Waals surface area (Å²) in [4.78, 5) is 10.2. The SMILES string of the molecule is CCN1CCN(Cc2ccc(CNC3=CN(c4ccc(F)c(Br)c4)ON3O)cc2)CC1. The van der Waals surface area contributed by atoms with Gasteiger partial charge < -0.3 is 10.2 Å². The minimum atomic E-state index is -0.363. The van der Waals surface area contributed by atoms with E-state index in [0.29, 0.717) is 27.8 Å². The molecule has 166 valence electrons. The zero-order valence-electron chi connectivity index (χ0n) is 17.5. The van der Waals surface area contributed by atoms with Gasteiger partial charge in [0.05, 0.1) is 16.4 Å². The van der Waals surface area contributed by atoms with E-state index in [-0.39, 0.29) is 5.82 Å². The van der Waals surface area contributed by atoms with E-state index in [1.807, 2.05) is 0 Å². The molecule has 2 N–H and O–H groups in total. The highest BCUT2D eigenvalue weighted by molar-refractivity contribution is 9.10. The molecule has 2 aromatic rings. The summed E-state index contributed by atoms with van der Waals surface area (Å²) in [6.07, 6.45) is 1.60. The van der Waals surface area contributed by atoms with Crippen molar-refractivity contribution in [2.75, 3.05) is 37.8 Å². The molecule has 0 radical (unpaired) electrons. The van der Waals surface area contributed by atoms with Gasteiger partial charge in [0.2, 0.25) is 0 Å². The van der Waals surface area contributed by atoms with Crippen molar-refractivity contribution in [1.29, 1.82) is 0 Å². The summed E-state index contributed by atoms with van der Waals surface area (Å²) in [7, 11) is 0. The molecule has 4 rings (SSSR count). The van der Waals surface area contributed by atoms with Gasteiger partial charge in [0, 0.05) is 39.3 Å². The number of nitrogens with one attached hydrogen (secondary N) is 1. The van der Waals surface area contributed by atoms with Crippen LogP contribution in [0.1, 0.15) is 18.1 Å². The molecule has 0 amide bonds. The molecule has 0 spiro atoms. The molecule has 0 unspecified atom stereocenters.